The molecule has 0 aromatic heterocycles. The second-order valence-electron chi connectivity index (χ2n) is 6.44. The molecule has 2 aromatic rings. The summed E-state index contributed by atoms with van der Waals surface area (Å²) in [6, 6.07) is 18.3. The number of ether oxygens (including phenoxy) is 1. The van der Waals surface area contributed by atoms with E-state index in [-0.39, 0.29) is 0 Å². The van der Waals surface area contributed by atoms with E-state index >= 15 is 0 Å². The van der Waals surface area contributed by atoms with Gasteiger partial charge in [0, 0.05) is 0 Å². The van der Waals surface area contributed by atoms with E-state index in [2.05, 4.69) is 6.92 Å². The van der Waals surface area contributed by atoms with Crippen molar-refractivity contribution in [1.29, 1.82) is 0 Å². The molecule has 0 radical (unpaired) electrons. The zero-order valence-electron chi connectivity index (χ0n) is 14.9. The van der Waals surface area contributed by atoms with E-state index in [0.29, 0.717) is 17.7 Å². The van der Waals surface area contributed by atoms with Crippen LogP contribution in [0.1, 0.15) is 45.1 Å². The van der Waals surface area contributed by atoms with Gasteiger partial charge in [0.2, 0.25) is 0 Å². The van der Waals surface area contributed by atoms with Gasteiger partial charge in [-0.2, -0.15) is 0 Å². The zero-order chi connectivity index (χ0) is 18.1. The predicted octanol–water partition coefficient (Wildman–Crippen LogP) is 5.01. The van der Waals surface area contributed by atoms with E-state index in [1.165, 1.54) is 0 Å². The first-order valence-corrected chi connectivity index (χ1v) is 8.80. The Morgan fingerprint density at radius 3 is 2.24 bits per heavy atom. The maximum absolute atomic E-state index is 12.7. The zero-order valence-corrected chi connectivity index (χ0v) is 14.9. The van der Waals surface area contributed by atoms with E-state index < -0.39 is 11.6 Å². The van der Waals surface area contributed by atoms with Crippen LogP contribution in [0.2, 0.25) is 0 Å². The summed E-state index contributed by atoms with van der Waals surface area (Å²) in [4.78, 5) is 12.7. The highest BCUT2D eigenvalue weighted by Gasteiger charge is 2.23. The number of unbranched alkanes of at least 4 members (excludes halogenated alkanes) is 2. The highest BCUT2D eigenvalue weighted by atomic mass is 16.5. The van der Waals surface area contributed by atoms with Crippen LogP contribution in [0.15, 0.2) is 66.7 Å². The molecule has 1 atom stereocenters. The van der Waals surface area contributed by atoms with Crippen molar-refractivity contribution in [3.63, 3.8) is 0 Å². The number of carbonyl (C=O) groups is 1. The van der Waals surface area contributed by atoms with Crippen LogP contribution in [0.25, 0.3) is 5.57 Å². The number of rotatable bonds is 8. The molecule has 3 nitrogen and oxygen atoms in total. The molecule has 0 spiro atoms. The molecular formula is C22H26O3. The first-order chi connectivity index (χ1) is 12.0. The Hall–Kier alpha value is -2.39. The number of hydrogen-bond donors (Lipinski definition) is 1. The molecule has 0 amide bonds. The topological polar surface area (TPSA) is 46.5 Å². The summed E-state index contributed by atoms with van der Waals surface area (Å²) in [5, 5.41) is 10.7. The molecule has 132 valence electrons. The molecule has 0 aliphatic heterocycles. The lowest BCUT2D eigenvalue weighted by molar-refractivity contribution is -0.128. The van der Waals surface area contributed by atoms with Crippen LogP contribution in [-0.4, -0.2) is 16.7 Å². The summed E-state index contributed by atoms with van der Waals surface area (Å²) >= 11 is 0. The average molecular weight is 338 g/mol. The van der Waals surface area contributed by atoms with Crippen molar-refractivity contribution in [3.8, 4) is 5.75 Å². The number of carbonyl (C=O) groups excluding carboxylic acids is 1. The Balaban J connectivity index is 2.27. The highest BCUT2D eigenvalue weighted by molar-refractivity contribution is 6.17. The van der Waals surface area contributed by atoms with Gasteiger partial charge in [0.05, 0.1) is 11.2 Å². The maximum Gasteiger partial charge on any atom is 0.343 e. The van der Waals surface area contributed by atoms with E-state index in [4.69, 9.17) is 4.74 Å². The predicted molar refractivity (Wildman–Crippen MR) is 101 cm³/mol. The lowest BCUT2D eigenvalue weighted by Gasteiger charge is -2.21. The van der Waals surface area contributed by atoms with Crippen molar-refractivity contribution in [3.05, 3.63) is 72.3 Å². The van der Waals surface area contributed by atoms with Crippen molar-refractivity contribution in [2.45, 2.75) is 45.1 Å². The lowest BCUT2D eigenvalue weighted by Crippen LogP contribution is -2.23. The Morgan fingerprint density at radius 2 is 1.64 bits per heavy atom. The third-order valence-corrected chi connectivity index (χ3v) is 4.00. The van der Waals surface area contributed by atoms with Gasteiger partial charge in [0.15, 0.2) is 0 Å². The lowest BCUT2D eigenvalue weighted by atomic mass is 9.93. The second kappa shape index (κ2) is 9.19. The Labute approximate surface area is 150 Å². The molecule has 0 fully saturated rings. The first kappa shape index (κ1) is 18.9. The van der Waals surface area contributed by atoms with Crippen LogP contribution in [0.3, 0.4) is 0 Å². The molecule has 3 heteroatoms. The molecule has 0 aliphatic rings. The molecule has 0 aliphatic carbocycles. The number of benzene rings is 2. The van der Waals surface area contributed by atoms with Gasteiger partial charge in [0.1, 0.15) is 5.75 Å². The summed E-state index contributed by atoms with van der Waals surface area (Å²) in [7, 11) is 0. The summed E-state index contributed by atoms with van der Waals surface area (Å²) in [6.45, 7) is 3.86. The van der Waals surface area contributed by atoms with Crippen molar-refractivity contribution >= 4 is 11.5 Å². The average Bonchev–Trinajstić information content (AvgIpc) is 2.61. The van der Waals surface area contributed by atoms with Crippen LogP contribution in [0.5, 0.6) is 5.75 Å². The van der Waals surface area contributed by atoms with Crippen molar-refractivity contribution in [1.82, 2.24) is 0 Å². The molecule has 1 N–H and O–H groups in total. The molecule has 2 rings (SSSR count). The van der Waals surface area contributed by atoms with Crippen LogP contribution < -0.4 is 4.74 Å². The highest BCUT2D eigenvalue weighted by Crippen LogP contribution is 2.25. The van der Waals surface area contributed by atoms with E-state index in [9.17, 15) is 9.90 Å². The van der Waals surface area contributed by atoms with Crippen LogP contribution in [0.4, 0.5) is 0 Å². The fourth-order valence-electron chi connectivity index (χ4n) is 2.64. The van der Waals surface area contributed by atoms with Crippen molar-refractivity contribution < 1.29 is 14.6 Å². The number of para-hydroxylation sites is 1. The summed E-state index contributed by atoms with van der Waals surface area (Å²) in [5.74, 6) is 0.0214. The van der Waals surface area contributed by atoms with Gasteiger partial charge >= 0.3 is 5.97 Å². The van der Waals surface area contributed by atoms with Gasteiger partial charge in [-0.15, -0.1) is 0 Å². The van der Waals surface area contributed by atoms with E-state index in [0.717, 1.165) is 24.8 Å². The van der Waals surface area contributed by atoms with Crippen molar-refractivity contribution in [2.24, 2.45) is 0 Å². The fraction of sp³-hybridized carbons (Fsp3) is 0.318. The summed E-state index contributed by atoms with van der Waals surface area (Å²) < 4.78 is 5.48. The van der Waals surface area contributed by atoms with Crippen molar-refractivity contribution in [2.75, 3.05) is 0 Å². The molecule has 0 saturated heterocycles. The molecule has 0 heterocycles. The SMILES string of the molecule is CCCCCC(C)(O)/C=C(/C(=O)Oc1ccccc1)c1ccccc1. The Kier molecular flexibility index (Phi) is 6.96. The molecular weight excluding hydrogens is 312 g/mol. The van der Waals surface area contributed by atoms with Gasteiger partial charge in [-0.25, -0.2) is 4.79 Å². The maximum atomic E-state index is 12.7. The quantitative estimate of drug-likeness (QED) is 0.319. The minimum Gasteiger partial charge on any atom is -0.423 e. The smallest absolute Gasteiger partial charge is 0.343 e. The van der Waals surface area contributed by atoms with Crippen LogP contribution in [-0.2, 0) is 4.79 Å². The minimum atomic E-state index is -1.06. The van der Waals surface area contributed by atoms with Crippen LogP contribution >= 0.6 is 0 Å². The van der Waals surface area contributed by atoms with Gasteiger partial charge < -0.3 is 9.84 Å². The van der Waals surface area contributed by atoms with Gasteiger partial charge in [-0.05, 0) is 37.1 Å². The third kappa shape index (κ3) is 6.20. The minimum absolute atomic E-state index is 0.381. The van der Waals surface area contributed by atoms with Crippen LogP contribution in [0, 0.1) is 0 Å². The normalized spacial score (nSPS) is 14.0. The number of esters is 1. The van der Waals surface area contributed by atoms with Gasteiger partial charge in [-0.3, -0.25) is 0 Å². The molecule has 1 unspecified atom stereocenters. The summed E-state index contributed by atoms with van der Waals surface area (Å²) in [5.41, 5.74) is 0.0564. The fourth-order valence-corrected chi connectivity index (χ4v) is 2.64. The largest absolute Gasteiger partial charge is 0.423 e. The Bertz CT molecular complexity index is 688. The Morgan fingerprint density at radius 1 is 1.04 bits per heavy atom. The third-order valence-electron chi connectivity index (χ3n) is 4.00. The second-order valence-corrected chi connectivity index (χ2v) is 6.44. The molecule has 25 heavy (non-hydrogen) atoms. The summed E-state index contributed by atoms with van der Waals surface area (Å²) in [6.07, 6.45) is 5.29. The number of hydrogen-bond acceptors (Lipinski definition) is 3. The van der Waals surface area contributed by atoms with Gasteiger partial charge in [0.25, 0.3) is 0 Å². The molecule has 2 aromatic carbocycles. The van der Waals surface area contributed by atoms with Gasteiger partial charge in [-0.1, -0.05) is 74.7 Å². The number of aliphatic hydroxyl groups is 1. The van der Waals surface area contributed by atoms with E-state index in [1.807, 2.05) is 48.5 Å². The standard InChI is InChI=1S/C22H26O3/c1-3-4-11-16-22(2,24)17-20(18-12-7-5-8-13-18)21(23)25-19-14-9-6-10-15-19/h5-10,12-15,17,24H,3-4,11,16H2,1-2H3/b20-17+. The first-order valence-electron chi connectivity index (χ1n) is 8.80. The monoisotopic (exact) mass is 338 g/mol. The molecule has 0 saturated carbocycles. The molecule has 0 bridgehead atoms. The van der Waals surface area contributed by atoms with E-state index in [1.54, 1.807) is 25.1 Å².